The van der Waals surface area contributed by atoms with Gasteiger partial charge < -0.3 is 15.5 Å². The Bertz CT molecular complexity index is 1100. The van der Waals surface area contributed by atoms with Crippen LogP contribution in [0.4, 0.5) is 15.8 Å². The third-order valence-electron chi connectivity index (χ3n) is 5.69. The van der Waals surface area contributed by atoms with Gasteiger partial charge in [0.25, 0.3) is 0 Å². The second kappa shape index (κ2) is 10.1. The van der Waals surface area contributed by atoms with Gasteiger partial charge >= 0.3 is 11.8 Å². The first-order chi connectivity index (χ1) is 15.6. The fourth-order valence-corrected chi connectivity index (χ4v) is 3.91. The van der Waals surface area contributed by atoms with Gasteiger partial charge in [0.15, 0.2) is 0 Å². The number of halogens is 1. The molecule has 0 aliphatic carbocycles. The molecule has 1 aliphatic heterocycles. The summed E-state index contributed by atoms with van der Waals surface area (Å²) < 4.78 is 13.6. The molecule has 0 radical (unpaired) electrons. The van der Waals surface area contributed by atoms with E-state index in [9.17, 15) is 14.0 Å². The van der Waals surface area contributed by atoms with Crippen LogP contribution in [0.25, 0.3) is 0 Å². The van der Waals surface area contributed by atoms with E-state index in [1.54, 1.807) is 6.07 Å². The third kappa shape index (κ3) is 5.32. The zero-order valence-corrected chi connectivity index (χ0v) is 17.8. The van der Waals surface area contributed by atoms with Crippen molar-refractivity contribution in [1.82, 2.24) is 5.32 Å². The Morgan fingerprint density at radius 1 is 0.875 bits per heavy atom. The lowest BCUT2D eigenvalue weighted by Crippen LogP contribution is -2.36. The average molecular weight is 432 g/mol. The van der Waals surface area contributed by atoms with Crippen molar-refractivity contribution >= 4 is 23.2 Å². The molecule has 0 spiro atoms. The molecule has 0 bridgehead atoms. The second-order valence-corrected chi connectivity index (χ2v) is 7.90. The maximum atomic E-state index is 13.6. The molecule has 6 heteroatoms. The SMILES string of the molecule is O=C(NCCCc1ccc(N2CCc3ccccc3C2)cc1)C(=O)Nc1ccccc1F. The van der Waals surface area contributed by atoms with Crippen molar-refractivity contribution in [2.75, 3.05) is 23.3 Å². The van der Waals surface area contributed by atoms with Gasteiger partial charge in [-0.3, -0.25) is 9.59 Å². The van der Waals surface area contributed by atoms with Crippen LogP contribution < -0.4 is 15.5 Å². The molecule has 164 valence electrons. The molecule has 0 aromatic heterocycles. The molecule has 2 N–H and O–H groups in total. The summed E-state index contributed by atoms with van der Waals surface area (Å²) in [6.45, 7) is 2.31. The molecular formula is C26H26FN3O2. The minimum Gasteiger partial charge on any atom is -0.367 e. The lowest BCUT2D eigenvalue weighted by atomic mass is 9.99. The maximum absolute atomic E-state index is 13.6. The van der Waals surface area contributed by atoms with E-state index in [1.165, 1.54) is 40.6 Å². The molecule has 0 fully saturated rings. The summed E-state index contributed by atoms with van der Waals surface area (Å²) in [6, 6.07) is 22.8. The van der Waals surface area contributed by atoms with Gasteiger partial charge in [0.1, 0.15) is 5.82 Å². The van der Waals surface area contributed by atoms with Crippen LogP contribution in [0.1, 0.15) is 23.1 Å². The molecule has 3 aromatic rings. The number of hydrogen-bond acceptors (Lipinski definition) is 3. The Morgan fingerprint density at radius 3 is 2.38 bits per heavy atom. The predicted molar refractivity (Wildman–Crippen MR) is 124 cm³/mol. The highest BCUT2D eigenvalue weighted by Gasteiger charge is 2.16. The van der Waals surface area contributed by atoms with Gasteiger partial charge in [0, 0.05) is 25.3 Å². The largest absolute Gasteiger partial charge is 0.367 e. The molecule has 1 aliphatic rings. The summed E-state index contributed by atoms with van der Waals surface area (Å²) in [5.41, 5.74) is 5.20. The van der Waals surface area contributed by atoms with Gasteiger partial charge in [-0.05, 0) is 60.2 Å². The second-order valence-electron chi connectivity index (χ2n) is 7.90. The van der Waals surface area contributed by atoms with Crippen LogP contribution >= 0.6 is 0 Å². The number of carbonyl (C=O) groups is 2. The Balaban J connectivity index is 1.21. The van der Waals surface area contributed by atoms with Crippen molar-refractivity contribution < 1.29 is 14.0 Å². The topological polar surface area (TPSA) is 61.4 Å². The molecule has 0 atom stereocenters. The zero-order chi connectivity index (χ0) is 22.3. The lowest BCUT2D eigenvalue weighted by molar-refractivity contribution is -0.136. The van der Waals surface area contributed by atoms with Gasteiger partial charge in [-0.25, -0.2) is 4.39 Å². The normalized spacial score (nSPS) is 12.7. The summed E-state index contributed by atoms with van der Waals surface area (Å²) in [6.07, 6.45) is 2.55. The summed E-state index contributed by atoms with van der Waals surface area (Å²) in [5.74, 6) is -2.22. The number of carbonyl (C=O) groups excluding carboxylic acids is 2. The van der Waals surface area contributed by atoms with E-state index in [0.717, 1.165) is 25.9 Å². The minimum atomic E-state index is -0.873. The van der Waals surface area contributed by atoms with Crippen molar-refractivity contribution in [3.05, 3.63) is 95.3 Å². The number of amides is 2. The number of aryl methyl sites for hydroxylation is 1. The van der Waals surface area contributed by atoms with Gasteiger partial charge in [0.2, 0.25) is 0 Å². The van der Waals surface area contributed by atoms with Crippen molar-refractivity contribution in [2.45, 2.75) is 25.8 Å². The fourth-order valence-electron chi connectivity index (χ4n) is 3.91. The number of benzene rings is 3. The van der Waals surface area contributed by atoms with E-state index in [4.69, 9.17) is 0 Å². The number of hydrogen-bond donors (Lipinski definition) is 2. The Hall–Kier alpha value is -3.67. The van der Waals surface area contributed by atoms with Crippen molar-refractivity contribution in [2.24, 2.45) is 0 Å². The standard InChI is InChI=1S/C26H26FN3O2/c27-23-9-3-4-10-24(23)29-26(32)25(31)28-16-5-6-19-11-13-22(14-12-19)30-17-15-20-7-1-2-8-21(20)18-30/h1-4,7-14H,5-6,15-18H2,(H,28,31)(H,29,32). The highest BCUT2D eigenvalue weighted by atomic mass is 19.1. The van der Waals surface area contributed by atoms with Crippen molar-refractivity contribution in [1.29, 1.82) is 0 Å². The Labute approximate surface area is 187 Å². The van der Waals surface area contributed by atoms with Crippen LogP contribution in [-0.2, 0) is 29.0 Å². The highest BCUT2D eigenvalue weighted by Crippen LogP contribution is 2.24. The molecule has 3 aromatic carbocycles. The van der Waals surface area contributed by atoms with Crippen LogP contribution in [-0.4, -0.2) is 24.9 Å². The monoisotopic (exact) mass is 431 g/mol. The molecule has 2 amide bonds. The number of nitrogens with zero attached hydrogens (tertiary/aromatic N) is 1. The van der Waals surface area contributed by atoms with Crippen LogP contribution in [0.3, 0.4) is 0 Å². The van der Waals surface area contributed by atoms with E-state index < -0.39 is 17.6 Å². The number of anilines is 2. The smallest absolute Gasteiger partial charge is 0.313 e. The molecule has 5 nitrogen and oxygen atoms in total. The van der Waals surface area contributed by atoms with Gasteiger partial charge in [0.05, 0.1) is 5.69 Å². The van der Waals surface area contributed by atoms with Crippen LogP contribution in [0, 0.1) is 5.82 Å². The first-order valence-corrected chi connectivity index (χ1v) is 10.8. The first-order valence-electron chi connectivity index (χ1n) is 10.8. The van der Waals surface area contributed by atoms with E-state index >= 15 is 0 Å². The van der Waals surface area contributed by atoms with Crippen molar-refractivity contribution in [3.63, 3.8) is 0 Å². The van der Waals surface area contributed by atoms with Gasteiger partial charge in [-0.1, -0.05) is 48.5 Å². The number of fused-ring (bicyclic) bond motifs is 1. The molecule has 32 heavy (non-hydrogen) atoms. The lowest BCUT2D eigenvalue weighted by Gasteiger charge is -2.30. The fraction of sp³-hybridized carbons (Fsp3) is 0.231. The quantitative estimate of drug-likeness (QED) is 0.457. The minimum absolute atomic E-state index is 0.00932. The molecule has 4 rings (SSSR count). The summed E-state index contributed by atoms with van der Waals surface area (Å²) in [5, 5.41) is 4.86. The number of rotatable bonds is 6. The van der Waals surface area contributed by atoms with E-state index in [2.05, 4.69) is 64.1 Å². The zero-order valence-electron chi connectivity index (χ0n) is 17.8. The summed E-state index contributed by atoms with van der Waals surface area (Å²) >= 11 is 0. The van der Waals surface area contributed by atoms with Crippen molar-refractivity contribution in [3.8, 4) is 0 Å². The van der Waals surface area contributed by atoms with Gasteiger partial charge in [-0.15, -0.1) is 0 Å². The molecule has 0 unspecified atom stereocenters. The predicted octanol–water partition coefficient (Wildman–Crippen LogP) is 4.08. The van der Waals surface area contributed by atoms with Crippen LogP contribution in [0.5, 0.6) is 0 Å². The Morgan fingerprint density at radius 2 is 1.59 bits per heavy atom. The summed E-state index contributed by atoms with van der Waals surface area (Å²) in [7, 11) is 0. The van der Waals surface area contributed by atoms with Crippen LogP contribution in [0.2, 0.25) is 0 Å². The summed E-state index contributed by atoms with van der Waals surface area (Å²) in [4.78, 5) is 26.2. The molecular weight excluding hydrogens is 405 g/mol. The van der Waals surface area contributed by atoms with E-state index in [-0.39, 0.29) is 5.69 Å². The number of nitrogens with one attached hydrogen (secondary N) is 2. The average Bonchev–Trinajstić information content (AvgIpc) is 2.83. The maximum Gasteiger partial charge on any atom is 0.313 e. The molecule has 1 heterocycles. The first kappa shape index (κ1) is 21.6. The van der Waals surface area contributed by atoms with Crippen LogP contribution in [0.15, 0.2) is 72.8 Å². The molecule has 0 saturated heterocycles. The van der Waals surface area contributed by atoms with Gasteiger partial charge in [-0.2, -0.15) is 0 Å². The van der Waals surface area contributed by atoms with E-state index in [1.807, 2.05) is 0 Å². The highest BCUT2D eigenvalue weighted by molar-refractivity contribution is 6.39. The Kier molecular flexibility index (Phi) is 6.80. The number of para-hydroxylation sites is 1. The molecule has 0 saturated carbocycles. The van der Waals surface area contributed by atoms with E-state index in [0.29, 0.717) is 13.0 Å². The third-order valence-corrected chi connectivity index (χ3v) is 5.69.